The number of piperidine rings is 1. The Morgan fingerprint density at radius 3 is 2.27 bits per heavy atom. The smallest absolute Gasteiger partial charge is 0.321 e. The van der Waals surface area contributed by atoms with Gasteiger partial charge in [0, 0.05) is 35.3 Å². The van der Waals surface area contributed by atoms with Crippen LogP contribution in [0.2, 0.25) is 0 Å². The summed E-state index contributed by atoms with van der Waals surface area (Å²) in [5.41, 5.74) is 0.775. The highest BCUT2D eigenvalue weighted by Crippen LogP contribution is 2.19. The second kappa shape index (κ2) is 9.26. The van der Waals surface area contributed by atoms with Gasteiger partial charge in [0.2, 0.25) is 0 Å². The van der Waals surface area contributed by atoms with Crippen LogP contribution in [-0.4, -0.2) is 42.1 Å². The van der Waals surface area contributed by atoms with Crippen LogP contribution in [0, 0.1) is 0 Å². The molecule has 1 aromatic rings. The molecule has 0 bridgehead atoms. The highest BCUT2D eigenvalue weighted by Gasteiger charge is 2.25. The predicted octanol–water partition coefficient (Wildman–Crippen LogP) is 4.08. The van der Waals surface area contributed by atoms with Crippen molar-refractivity contribution in [2.45, 2.75) is 57.0 Å². The molecule has 0 spiro atoms. The first-order chi connectivity index (χ1) is 12.6. The van der Waals surface area contributed by atoms with Crippen LogP contribution in [0.3, 0.4) is 0 Å². The molecule has 1 aliphatic carbocycles. The third-order valence-corrected chi connectivity index (χ3v) is 5.63. The number of hydrogen-bond donors (Lipinski definition) is 3. The zero-order valence-corrected chi connectivity index (χ0v) is 16.6. The van der Waals surface area contributed by atoms with Crippen LogP contribution < -0.4 is 16.0 Å². The van der Waals surface area contributed by atoms with Crippen molar-refractivity contribution in [1.82, 2.24) is 15.5 Å². The van der Waals surface area contributed by atoms with Crippen molar-refractivity contribution in [3.8, 4) is 0 Å². The van der Waals surface area contributed by atoms with Crippen molar-refractivity contribution >= 4 is 33.7 Å². The minimum absolute atomic E-state index is 0.0612. The fourth-order valence-corrected chi connectivity index (χ4v) is 4.05. The number of nitrogens with one attached hydrogen (secondary N) is 3. The van der Waals surface area contributed by atoms with Crippen molar-refractivity contribution in [1.29, 1.82) is 0 Å². The van der Waals surface area contributed by atoms with Crippen LogP contribution in [0.5, 0.6) is 0 Å². The monoisotopic (exact) mass is 422 g/mol. The quantitative estimate of drug-likeness (QED) is 0.686. The first-order valence-electron chi connectivity index (χ1n) is 9.49. The lowest BCUT2D eigenvalue weighted by atomic mass is 9.96. The molecule has 7 heteroatoms. The number of hydrogen-bond acceptors (Lipinski definition) is 2. The van der Waals surface area contributed by atoms with Gasteiger partial charge in [0.25, 0.3) is 0 Å². The van der Waals surface area contributed by atoms with Gasteiger partial charge in [-0.3, -0.25) is 0 Å². The molecule has 1 saturated heterocycles. The molecule has 1 aliphatic heterocycles. The molecule has 2 aliphatic rings. The van der Waals surface area contributed by atoms with Crippen molar-refractivity contribution < 1.29 is 9.59 Å². The summed E-state index contributed by atoms with van der Waals surface area (Å²) in [7, 11) is 0. The third-order valence-electron chi connectivity index (χ3n) is 5.13. The van der Waals surface area contributed by atoms with Crippen LogP contribution >= 0.6 is 15.9 Å². The van der Waals surface area contributed by atoms with Gasteiger partial charge in [-0.05, 0) is 43.9 Å². The van der Waals surface area contributed by atoms with E-state index in [1.54, 1.807) is 4.90 Å². The Labute approximate surface area is 163 Å². The second-order valence-electron chi connectivity index (χ2n) is 7.15. The highest BCUT2D eigenvalue weighted by molar-refractivity contribution is 9.10. The van der Waals surface area contributed by atoms with Gasteiger partial charge < -0.3 is 20.9 Å². The van der Waals surface area contributed by atoms with E-state index in [1.165, 1.54) is 19.3 Å². The van der Waals surface area contributed by atoms with Gasteiger partial charge in [0.15, 0.2) is 0 Å². The Bertz CT molecular complexity index is 626. The number of carbonyl (C=O) groups excluding carboxylic acids is 2. The zero-order valence-electron chi connectivity index (χ0n) is 15.0. The number of halogens is 1. The number of anilines is 1. The molecule has 0 aromatic heterocycles. The number of rotatable bonds is 3. The molecule has 6 nitrogen and oxygen atoms in total. The molecule has 0 unspecified atom stereocenters. The van der Waals surface area contributed by atoms with E-state index < -0.39 is 0 Å². The van der Waals surface area contributed by atoms with Crippen LogP contribution in [0.15, 0.2) is 28.7 Å². The molecular weight excluding hydrogens is 396 g/mol. The fraction of sp³-hybridized carbons (Fsp3) is 0.579. The van der Waals surface area contributed by atoms with Gasteiger partial charge in [-0.1, -0.05) is 41.3 Å². The molecule has 1 heterocycles. The number of likely N-dealkylation sites (tertiary alicyclic amines) is 1. The molecule has 0 radical (unpaired) electrons. The zero-order chi connectivity index (χ0) is 18.4. The Morgan fingerprint density at radius 2 is 1.62 bits per heavy atom. The van der Waals surface area contributed by atoms with Gasteiger partial charge in [0.1, 0.15) is 0 Å². The van der Waals surface area contributed by atoms with Crippen LogP contribution in [0.1, 0.15) is 44.9 Å². The maximum Gasteiger partial charge on any atom is 0.321 e. The van der Waals surface area contributed by atoms with Crippen LogP contribution in [-0.2, 0) is 0 Å². The Balaban J connectivity index is 1.39. The predicted molar refractivity (Wildman–Crippen MR) is 106 cm³/mol. The Kier molecular flexibility index (Phi) is 6.77. The lowest BCUT2D eigenvalue weighted by Gasteiger charge is -2.33. The van der Waals surface area contributed by atoms with Gasteiger partial charge in [-0.2, -0.15) is 0 Å². The van der Waals surface area contributed by atoms with E-state index in [1.807, 2.05) is 24.3 Å². The van der Waals surface area contributed by atoms with Crippen molar-refractivity contribution in [2.24, 2.45) is 0 Å². The summed E-state index contributed by atoms with van der Waals surface area (Å²) in [6.45, 7) is 1.29. The summed E-state index contributed by atoms with van der Waals surface area (Å²) in [5, 5.41) is 9.08. The van der Waals surface area contributed by atoms with E-state index in [9.17, 15) is 9.59 Å². The van der Waals surface area contributed by atoms with Gasteiger partial charge >= 0.3 is 12.1 Å². The van der Waals surface area contributed by atoms with E-state index in [0.717, 1.165) is 35.8 Å². The van der Waals surface area contributed by atoms with Crippen LogP contribution in [0.4, 0.5) is 15.3 Å². The van der Waals surface area contributed by atoms with Gasteiger partial charge in [-0.15, -0.1) is 0 Å². The third kappa shape index (κ3) is 5.62. The summed E-state index contributed by atoms with van der Waals surface area (Å²) in [6, 6.07) is 7.86. The van der Waals surface area contributed by atoms with E-state index in [-0.39, 0.29) is 18.1 Å². The SMILES string of the molecule is O=C(NC1CCCCC1)NC1CCN(C(=O)Nc2cccc(Br)c2)CC1. The number of nitrogens with zero attached hydrogens (tertiary/aromatic N) is 1. The minimum atomic E-state index is -0.0896. The highest BCUT2D eigenvalue weighted by atomic mass is 79.9. The largest absolute Gasteiger partial charge is 0.335 e. The topological polar surface area (TPSA) is 73.5 Å². The lowest BCUT2D eigenvalue weighted by Crippen LogP contribution is -2.51. The van der Waals surface area contributed by atoms with Crippen molar-refractivity contribution in [3.05, 3.63) is 28.7 Å². The fourth-order valence-electron chi connectivity index (χ4n) is 3.66. The maximum atomic E-state index is 12.4. The van der Waals surface area contributed by atoms with E-state index >= 15 is 0 Å². The average molecular weight is 423 g/mol. The normalized spacial score (nSPS) is 19.0. The number of benzene rings is 1. The standard InChI is InChI=1S/C19H27BrN4O2/c20-14-5-4-8-17(13-14)23-19(26)24-11-9-16(10-12-24)22-18(25)21-15-6-2-1-3-7-15/h4-5,8,13,15-16H,1-3,6-7,9-12H2,(H,23,26)(H2,21,22,25). The van der Waals surface area contributed by atoms with Crippen molar-refractivity contribution in [2.75, 3.05) is 18.4 Å². The first-order valence-corrected chi connectivity index (χ1v) is 10.3. The molecule has 3 rings (SSSR count). The molecule has 4 amide bonds. The van der Waals surface area contributed by atoms with Crippen molar-refractivity contribution in [3.63, 3.8) is 0 Å². The van der Waals surface area contributed by atoms with Gasteiger partial charge in [0.05, 0.1) is 0 Å². The molecule has 1 saturated carbocycles. The van der Waals surface area contributed by atoms with Gasteiger partial charge in [-0.25, -0.2) is 9.59 Å². The molecule has 2 fully saturated rings. The summed E-state index contributed by atoms with van der Waals surface area (Å²) >= 11 is 3.40. The van der Waals surface area contributed by atoms with E-state index in [4.69, 9.17) is 0 Å². The number of urea groups is 2. The maximum absolute atomic E-state index is 12.4. The molecule has 1 aromatic carbocycles. The molecule has 3 N–H and O–H groups in total. The molecule has 0 atom stereocenters. The van der Waals surface area contributed by atoms with Crippen LogP contribution in [0.25, 0.3) is 0 Å². The van der Waals surface area contributed by atoms with E-state index in [2.05, 4.69) is 31.9 Å². The second-order valence-corrected chi connectivity index (χ2v) is 8.07. The summed E-state index contributed by atoms with van der Waals surface area (Å²) in [4.78, 5) is 26.3. The Hall–Kier alpha value is -1.76. The molecular formula is C19H27BrN4O2. The lowest BCUT2D eigenvalue weighted by molar-refractivity contribution is 0.186. The first kappa shape index (κ1) is 19.0. The number of carbonyl (C=O) groups is 2. The Morgan fingerprint density at radius 1 is 0.962 bits per heavy atom. The molecule has 26 heavy (non-hydrogen) atoms. The molecule has 142 valence electrons. The average Bonchev–Trinajstić information content (AvgIpc) is 2.63. The summed E-state index contributed by atoms with van der Waals surface area (Å²) in [5.74, 6) is 0. The van der Waals surface area contributed by atoms with E-state index in [0.29, 0.717) is 19.1 Å². The minimum Gasteiger partial charge on any atom is -0.335 e. The summed E-state index contributed by atoms with van der Waals surface area (Å²) in [6.07, 6.45) is 7.42. The summed E-state index contributed by atoms with van der Waals surface area (Å²) < 4.78 is 0.933. The number of amides is 4.